The van der Waals surface area contributed by atoms with Crippen LogP contribution in [0.25, 0.3) is 0 Å². The van der Waals surface area contributed by atoms with Gasteiger partial charge in [0.2, 0.25) is 0 Å². The molecule has 7 heteroatoms. The van der Waals surface area contributed by atoms with E-state index < -0.39 is 0 Å². The lowest BCUT2D eigenvalue weighted by Gasteiger charge is -2.35. The predicted molar refractivity (Wildman–Crippen MR) is 88.6 cm³/mol. The Morgan fingerprint density at radius 2 is 1.96 bits per heavy atom. The van der Waals surface area contributed by atoms with E-state index in [0.717, 1.165) is 0 Å². The van der Waals surface area contributed by atoms with Crippen LogP contribution < -0.4 is 4.90 Å². The first-order chi connectivity index (χ1) is 11.6. The van der Waals surface area contributed by atoms with Crippen molar-refractivity contribution in [1.29, 1.82) is 5.26 Å². The lowest BCUT2D eigenvalue weighted by atomic mass is 10.2. The molecule has 0 radical (unpaired) electrons. The molecule has 1 fully saturated rings. The highest BCUT2D eigenvalue weighted by atomic mass is 16.2. The number of piperazine rings is 1. The van der Waals surface area contributed by atoms with Crippen molar-refractivity contribution in [2.45, 2.75) is 13.8 Å². The summed E-state index contributed by atoms with van der Waals surface area (Å²) in [4.78, 5) is 29.2. The summed E-state index contributed by atoms with van der Waals surface area (Å²) in [5, 5.41) is 9.20. The molecule has 24 heavy (non-hydrogen) atoms. The number of carbonyl (C=O) groups is 1. The number of nitriles is 1. The molecular formula is C17H18N6O. The lowest BCUT2D eigenvalue weighted by molar-refractivity contribution is 0.0744. The summed E-state index contributed by atoms with van der Waals surface area (Å²) in [5.74, 6) is 1.30. The second-order valence-electron chi connectivity index (χ2n) is 5.68. The topological polar surface area (TPSA) is 86.0 Å². The Morgan fingerprint density at radius 3 is 2.62 bits per heavy atom. The lowest BCUT2D eigenvalue weighted by Crippen LogP contribution is -2.49. The summed E-state index contributed by atoms with van der Waals surface area (Å²) in [6.07, 6.45) is 3.28. The maximum absolute atomic E-state index is 12.7. The second-order valence-corrected chi connectivity index (χ2v) is 5.68. The summed E-state index contributed by atoms with van der Waals surface area (Å²) in [6, 6.07) is 5.67. The third kappa shape index (κ3) is 3.04. The standard InChI is InChI=1S/C17H18N6O/c1-12-15(11-20-13(2)21-12)17(24)23-8-6-22(7-9-23)16-14(10-18)4-3-5-19-16/h3-5,11H,6-9H2,1-2H3. The summed E-state index contributed by atoms with van der Waals surface area (Å²) in [6.45, 7) is 6.07. The molecule has 0 unspecified atom stereocenters. The van der Waals surface area contributed by atoms with Crippen molar-refractivity contribution in [2.24, 2.45) is 0 Å². The van der Waals surface area contributed by atoms with Crippen LogP contribution >= 0.6 is 0 Å². The third-order valence-corrected chi connectivity index (χ3v) is 4.10. The maximum Gasteiger partial charge on any atom is 0.257 e. The number of anilines is 1. The molecule has 1 aliphatic heterocycles. The van der Waals surface area contributed by atoms with Gasteiger partial charge in [0.25, 0.3) is 5.91 Å². The maximum atomic E-state index is 12.7. The van der Waals surface area contributed by atoms with Gasteiger partial charge in [-0.05, 0) is 26.0 Å². The van der Waals surface area contributed by atoms with Crippen LogP contribution in [0.2, 0.25) is 0 Å². The van der Waals surface area contributed by atoms with Crippen molar-refractivity contribution in [3.05, 3.63) is 47.2 Å². The van der Waals surface area contributed by atoms with Gasteiger partial charge in [0.1, 0.15) is 17.7 Å². The van der Waals surface area contributed by atoms with Gasteiger partial charge in [0.05, 0.1) is 16.8 Å². The van der Waals surface area contributed by atoms with Crippen LogP contribution in [0.3, 0.4) is 0 Å². The molecule has 1 amide bonds. The summed E-state index contributed by atoms with van der Waals surface area (Å²) in [7, 11) is 0. The smallest absolute Gasteiger partial charge is 0.257 e. The molecule has 1 saturated heterocycles. The average Bonchev–Trinajstić information content (AvgIpc) is 2.61. The summed E-state index contributed by atoms with van der Waals surface area (Å²) >= 11 is 0. The highest BCUT2D eigenvalue weighted by Gasteiger charge is 2.25. The third-order valence-electron chi connectivity index (χ3n) is 4.10. The second kappa shape index (κ2) is 6.62. The number of hydrogen-bond donors (Lipinski definition) is 0. The first-order valence-electron chi connectivity index (χ1n) is 7.79. The molecule has 2 aromatic rings. The van der Waals surface area contributed by atoms with Crippen molar-refractivity contribution in [3.63, 3.8) is 0 Å². The minimum absolute atomic E-state index is 0.0475. The molecule has 122 valence electrons. The Kier molecular flexibility index (Phi) is 4.38. The number of carbonyl (C=O) groups excluding carboxylic acids is 1. The fourth-order valence-electron chi connectivity index (χ4n) is 2.82. The molecule has 1 aliphatic rings. The van der Waals surface area contributed by atoms with E-state index in [1.54, 1.807) is 36.4 Å². The van der Waals surface area contributed by atoms with E-state index in [2.05, 4.69) is 21.0 Å². The van der Waals surface area contributed by atoms with Gasteiger partial charge in [0.15, 0.2) is 0 Å². The number of hydrogen-bond acceptors (Lipinski definition) is 6. The van der Waals surface area contributed by atoms with Crippen molar-refractivity contribution in [2.75, 3.05) is 31.1 Å². The van der Waals surface area contributed by atoms with Gasteiger partial charge in [-0.3, -0.25) is 4.79 Å². The van der Waals surface area contributed by atoms with Crippen LogP contribution in [-0.2, 0) is 0 Å². The molecule has 3 rings (SSSR count). The van der Waals surface area contributed by atoms with E-state index in [-0.39, 0.29) is 5.91 Å². The number of aromatic nitrogens is 3. The predicted octanol–water partition coefficient (Wildman–Crippen LogP) is 1.32. The largest absolute Gasteiger partial charge is 0.352 e. The molecule has 0 atom stereocenters. The zero-order valence-corrected chi connectivity index (χ0v) is 13.7. The Bertz CT molecular complexity index is 805. The number of aryl methyl sites for hydroxylation is 2. The first kappa shape index (κ1) is 15.9. The quantitative estimate of drug-likeness (QED) is 0.829. The van der Waals surface area contributed by atoms with Crippen LogP contribution in [-0.4, -0.2) is 51.9 Å². The van der Waals surface area contributed by atoms with Crippen LogP contribution in [0.1, 0.15) is 27.4 Å². The van der Waals surface area contributed by atoms with Gasteiger partial charge < -0.3 is 9.80 Å². The number of amides is 1. The van der Waals surface area contributed by atoms with Gasteiger partial charge in [-0.2, -0.15) is 5.26 Å². The molecule has 0 aliphatic carbocycles. The van der Waals surface area contributed by atoms with Crippen LogP contribution in [0.5, 0.6) is 0 Å². The van der Waals surface area contributed by atoms with E-state index >= 15 is 0 Å². The Labute approximate surface area is 140 Å². The first-order valence-corrected chi connectivity index (χ1v) is 7.79. The summed E-state index contributed by atoms with van der Waals surface area (Å²) < 4.78 is 0. The molecule has 3 heterocycles. The molecule has 0 N–H and O–H groups in total. The van der Waals surface area contributed by atoms with Crippen molar-refractivity contribution in [1.82, 2.24) is 19.9 Å². The molecule has 0 aromatic carbocycles. The molecule has 0 saturated carbocycles. The fourth-order valence-corrected chi connectivity index (χ4v) is 2.82. The number of nitrogens with zero attached hydrogens (tertiary/aromatic N) is 6. The molecule has 2 aromatic heterocycles. The number of pyridine rings is 1. The van der Waals surface area contributed by atoms with E-state index in [0.29, 0.717) is 54.6 Å². The van der Waals surface area contributed by atoms with Crippen molar-refractivity contribution in [3.8, 4) is 6.07 Å². The van der Waals surface area contributed by atoms with Gasteiger partial charge in [-0.15, -0.1) is 0 Å². The molecule has 0 bridgehead atoms. The van der Waals surface area contributed by atoms with Gasteiger partial charge in [-0.25, -0.2) is 15.0 Å². The monoisotopic (exact) mass is 322 g/mol. The SMILES string of the molecule is Cc1ncc(C(=O)N2CCN(c3ncccc3C#N)CC2)c(C)n1. The zero-order chi connectivity index (χ0) is 17.1. The summed E-state index contributed by atoms with van der Waals surface area (Å²) in [5.41, 5.74) is 1.80. The van der Waals surface area contributed by atoms with E-state index in [1.165, 1.54) is 0 Å². The van der Waals surface area contributed by atoms with Gasteiger partial charge in [-0.1, -0.05) is 0 Å². The minimum atomic E-state index is -0.0475. The highest BCUT2D eigenvalue weighted by Crippen LogP contribution is 2.19. The minimum Gasteiger partial charge on any atom is -0.352 e. The van der Waals surface area contributed by atoms with E-state index in [1.807, 2.05) is 11.8 Å². The average molecular weight is 322 g/mol. The van der Waals surface area contributed by atoms with E-state index in [4.69, 9.17) is 0 Å². The van der Waals surface area contributed by atoms with Crippen LogP contribution in [0.15, 0.2) is 24.5 Å². The molecule has 0 spiro atoms. The molecule has 7 nitrogen and oxygen atoms in total. The Morgan fingerprint density at radius 1 is 1.21 bits per heavy atom. The van der Waals surface area contributed by atoms with E-state index in [9.17, 15) is 10.1 Å². The fraction of sp³-hybridized carbons (Fsp3) is 0.353. The van der Waals surface area contributed by atoms with Gasteiger partial charge in [0, 0.05) is 38.6 Å². The number of rotatable bonds is 2. The molecular weight excluding hydrogens is 304 g/mol. The van der Waals surface area contributed by atoms with Crippen molar-refractivity contribution >= 4 is 11.7 Å². The van der Waals surface area contributed by atoms with Crippen LogP contribution in [0.4, 0.5) is 5.82 Å². The van der Waals surface area contributed by atoms with Crippen LogP contribution in [0, 0.1) is 25.2 Å². The normalized spacial score (nSPS) is 14.4. The highest BCUT2D eigenvalue weighted by molar-refractivity contribution is 5.95. The van der Waals surface area contributed by atoms with Gasteiger partial charge >= 0.3 is 0 Å². The Balaban J connectivity index is 1.71. The Hall–Kier alpha value is -3.01. The van der Waals surface area contributed by atoms with Crippen molar-refractivity contribution < 1.29 is 4.79 Å². The zero-order valence-electron chi connectivity index (χ0n) is 13.7.